The average molecular weight is 312 g/mol. The van der Waals surface area contributed by atoms with Gasteiger partial charge in [-0.3, -0.25) is 0 Å². The predicted molar refractivity (Wildman–Crippen MR) is 87.5 cm³/mol. The SMILES string of the molecule is COC(=O)c1sc2nc(Cc3ccccc3)nc(C)c2c1C. The molecule has 4 nitrogen and oxygen atoms in total. The lowest BCUT2D eigenvalue weighted by Gasteiger charge is -2.03. The number of fused-ring (bicyclic) bond motifs is 1. The standard InChI is InChI=1S/C17H16N2O2S/c1-10-14-11(2)18-13(9-12-7-5-4-6-8-12)19-16(14)22-15(10)17(20)21-3/h4-8H,9H2,1-3H3. The van der Waals surface area contributed by atoms with E-state index in [4.69, 9.17) is 4.74 Å². The van der Waals surface area contributed by atoms with E-state index in [1.165, 1.54) is 24.0 Å². The smallest absolute Gasteiger partial charge is 0.348 e. The molecule has 0 radical (unpaired) electrons. The molecule has 5 heteroatoms. The Morgan fingerprint density at radius 3 is 2.59 bits per heavy atom. The lowest BCUT2D eigenvalue weighted by molar-refractivity contribution is 0.0605. The minimum atomic E-state index is -0.315. The first kappa shape index (κ1) is 14.7. The van der Waals surface area contributed by atoms with Gasteiger partial charge in [0.25, 0.3) is 0 Å². The van der Waals surface area contributed by atoms with Gasteiger partial charge in [-0.2, -0.15) is 0 Å². The molecule has 0 N–H and O–H groups in total. The Balaban J connectivity index is 2.07. The van der Waals surface area contributed by atoms with Crippen LogP contribution in [0.3, 0.4) is 0 Å². The molecule has 0 bridgehead atoms. The van der Waals surface area contributed by atoms with E-state index in [0.717, 1.165) is 27.3 Å². The summed E-state index contributed by atoms with van der Waals surface area (Å²) in [7, 11) is 1.39. The fourth-order valence-corrected chi connectivity index (χ4v) is 3.71. The second-order valence-corrected chi connectivity index (χ2v) is 6.11. The Hall–Kier alpha value is -2.27. The fourth-order valence-electron chi connectivity index (χ4n) is 2.54. The Labute approximate surface area is 132 Å². The van der Waals surface area contributed by atoms with Gasteiger partial charge in [0.1, 0.15) is 15.5 Å². The molecule has 3 aromatic rings. The number of aryl methyl sites for hydroxylation is 2. The first-order valence-corrected chi connectivity index (χ1v) is 7.80. The van der Waals surface area contributed by atoms with Crippen LogP contribution in [-0.4, -0.2) is 23.0 Å². The quantitative estimate of drug-likeness (QED) is 0.692. The second-order valence-electron chi connectivity index (χ2n) is 5.12. The molecule has 0 aliphatic rings. The summed E-state index contributed by atoms with van der Waals surface area (Å²) in [6, 6.07) is 10.1. The molecule has 0 unspecified atom stereocenters. The third-order valence-electron chi connectivity index (χ3n) is 3.59. The van der Waals surface area contributed by atoms with Crippen molar-refractivity contribution in [1.29, 1.82) is 0 Å². The van der Waals surface area contributed by atoms with Crippen LogP contribution in [0.2, 0.25) is 0 Å². The number of rotatable bonds is 3. The lowest BCUT2D eigenvalue weighted by Crippen LogP contribution is -2.00. The highest BCUT2D eigenvalue weighted by atomic mass is 32.1. The van der Waals surface area contributed by atoms with Crippen LogP contribution in [0.5, 0.6) is 0 Å². The molecule has 0 fully saturated rings. The number of aromatic nitrogens is 2. The summed E-state index contributed by atoms with van der Waals surface area (Å²) in [4.78, 5) is 22.5. The van der Waals surface area contributed by atoms with Gasteiger partial charge in [0, 0.05) is 11.8 Å². The predicted octanol–water partition coefficient (Wildman–Crippen LogP) is 3.69. The summed E-state index contributed by atoms with van der Waals surface area (Å²) in [5.41, 5.74) is 2.97. The molecular formula is C17H16N2O2S. The summed E-state index contributed by atoms with van der Waals surface area (Å²) in [6.45, 7) is 3.87. The van der Waals surface area contributed by atoms with Crippen molar-refractivity contribution in [1.82, 2.24) is 9.97 Å². The Morgan fingerprint density at radius 1 is 1.18 bits per heavy atom. The van der Waals surface area contributed by atoms with E-state index in [0.29, 0.717) is 11.3 Å². The van der Waals surface area contributed by atoms with Crippen molar-refractivity contribution in [2.45, 2.75) is 20.3 Å². The number of benzene rings is 1. The molecule has 0 spiro atoms. The van der Waals surface area contributed by atoms with Gasteiger partial charge in [-0.15, -0.1) is 11.3 Å². The minimum Gasteiger partial charge on any atom is -0.465 e. The number of carbonyl (C=O) groups excluding carboxylic acids is 1. The molecule has 2 aromatic heterocycles. The Bertz CT molecular complexity index is 841. The van der Waals surface area contributed by atoms with E-state index in [1.807, 2.05) is 32.0 Å². The van der Waals surface area contributed by atoms with E-state index >= 15 is 0 Å². The summed E-state index contributed by atoms with van der Waals surface area (Å²) in [5, 5.41) is 0.960. The van der Waals surface area contributed by atoms with Crippen molar-refractivity contribution in [3.05, 3.63) is 57.9 Å². The molecule has 0 saturated heterocycles. The summed E-state index contributed by atoms with van der Waals surface area (Å²) in [5.74, 6) is 0.457. The topological polar surface area (TPSA) is 52.1 Å². The highest BCUT2D eigenvalue weighted by molar-refractivity contribution is 7.20. The van der Waals surface area contributed by atoms with E-state index in [-0.39, 0.29) is 5.97 Å². The van der Waals surface area contributed by atoms with Crippen molar-refractivity contribution in [3.8, 4) is 0 Å². The number of hydrogen-bond donors (Lipinski definition) is 0. The van der Waals surface area contributed by atoms with Gasteiger partial charge >= 0.3 is 5.97 Å². The van der Waals surface area contributed by atoms with Crippen LogP contribution < -0.4 is 0 Å². The largest absolute Gasteiger partial charge is 0.465 e. The van der Waals surface area contributed by atoms with Crippen LogP contribution in [0.25, 0.3) is 10.2 Å². The molecule has 0 atom stereocenters. The van der Waals surface area contributed by atoms with E-state index in [9.17, 15) is 4.79 Å². The molecule has 2 heterocycles. The van der Waals surface area contributed by atoms with E-state index in [1.54, 1.807) is 0 Å². The number of thiophene rings is 1. The second kappa shape index (κ2) is 5.85. The number of hydrogen-bond acceptors (Lipinski definition) is 5. The van der Waals surface area contributed by atoms with Gasteiger partial charge in [0.15, 0.2) is 0 Å². The maximum atomic E-state index is 11.8. The molecule has 0 aliphatic carbocycles. The first-order chi connectivity index (χ1) is 10.6. The van der Waals surface area contributed by atoms with Crippen LogP contribution in [0.15, 0.2) is 30.3 Å². The van der Waals surface area contributed by atoms with Crippen LogP contribution in [-0.2, 0) is 11.2 Å². The van der Waals surface area contributed by atoms with Crippen LogP contribution >= 0.6 is 11.3 Å². The molecular weight excluding hydrogens is 296 g/mol. The molecule has 0 amide bonds. The number of nitrogens with zero attached hydrogens (tertiary/aromatic N) is 2. The molecule has 1 aromatic carbocycles. The third-order valence-corrected chi connectivity index (χ3v) is 4.76. The van der Waals surface area contributed by atoms with Crippen molar-refractivity contribution in [3.63, 3.8) is 0 Å². The molecule has 0 saturated carbocycles. The summed E-state index contributed by atoms with van der Waals surface area (Å²) < 4.78 is 4.84. The fraction of sp³-hybridized carbons (Fsp3) is 0.235. The van der Waals surface area contributed by atoms with Crippen molar-refractivity contribution in [2.75, 3.05) is 7.11 Å². The highest BCUT2D eigenvalue weighted by Crippen LogP contribution is 2.31. The third kappa shape index (κ3) is 2.60. The van der Waals surface area contributed by atoms with Gasteiger partial charge in [-0.1, -0.05) is 30.3 Å². The number of esters is 1. The zero-order valence-electron chi connectivity index (χ0n) is 12.7. The van der Waals surface area contributed by atoms with Crippen molar-refractivity contribution < 1.29 is 9.53 Å². The van der Waals surface area contributed by atoms with Crippen molar-refractivity contribution >= 4 is 27.5 Å². The average Bonchev–Trinajstić information content (AvgIpc) is 2.85. The van der Waals surface area contributed by atoms with Crippen molar-refractivity contribution in [2.24, 2.45) is 0 Å². The number of carbonyl (C=O) groups is 1. The first-order valence-electron chi connectivity index (χ1n) is 6.99. The monoisotopic (exact) mass is 312 g/mol. The molecule has 112 valence electrons. The molecule has 0 aliphatic heterocycles. The van der Waals surface area contributed by atoms with Crippen LogP contribution in [0.1, 0.15) is 32.3 Å². The highest BCUT2D eigenvalue weighted by Gasteiger charge is 2.19. The van der Waals surface area contributed by atoms with E-state index < -0.39 is 0 Å². The molecule has 3 rings (SSSR count). The number of ether oxygens (including phenoxy) is 1. The summed E-state index contributed by atoms with van der Waals surface area (Å²) in [6.07, 6.45) is 0.683. The van der Waals surface area contributed by atoms with Gasteiger partial charge in [-0.25, -0.2) is 14.8 Å². The summed E-state index contributed by atoms with van der Waals surface area (Å²) >= 11 is 1.37. The van der Waals surface area contributed by atoms with Crippen LogP contribution in [0, 0.1) is 13.8 Å². The lowest BCUT2D eigenvalue weighted by atomic mass is 10.1. The maximum Gasteiger partial charge on any atom is 0.348 e. The van der Waals surface area contributed by atoms with Gasteiger partial charge < -0.3 is 4.74 Å². The number of methoxy groups -OCH3 is 1. The Morgan fingerprint density at radius 2 is 1.91 bits per heavy atom. The zero-order chi connectivity index (χ0) is 15.7. The molecule has 22 heavy (non-hydrogen) atoms. The van der Waals surface area contributed by atoms with Crippen LogP contribution in [0.4, 0.5) is 0 Å². The normalized spacial score (nSPS) is 10.9. The van der Waals surface area contributed by atoms with Gasteiger partial charge in [-0.05, 0) is 25.0 Å². The maximum absolute atomic E-state index is 11.8. The Kier molecular flexibility index (Phi) is 3.90. The van der Waals surface area contributed by atoms with Gasteiger partial charge in [0.05, 0.1) is 12.8 Å². The minimum absolute atomic E-state index is 0.315. The zero-order valence-corrected chi connectivity index (χ0v) is 13.5. The van der Waals surface area contributed by atoms with Gasteiger partial charge in [0.2, 0.25) is 0 Å². The van der Waals surface area contributed by atoms with E-state index in [2.05, 4.69) is 22.1 Å².